The van der Waals surface area contributed by atoms with Crippen LogP contribution in [0.3, 0.4) is 0 Å². The van der Waals surface area contributed by atoms with Crippen LogP contribution in [0.5, 0.6) is 11.5 Å². The van der Waals surface area contributed by atoms with E-state index in [1.165, 1.54) is 12.1 Å². The number of pyridine rings is 1. The zero-order valence-corrected chi connectivity index (χ0v) is 22.4. The smallest absolute Gasteiger partial charge is 0.137 e. The molecule has 0 atom stereocenters. The molecule has 4 aromatic carbocycles. The van der Waals surface area contributed by atoms with E-state index in [1.54, 1.807) is 29.0 Å². The molecule has 4 heteroatoms. The van der Waals surface area contributed by atoms with Crippen molar-refractivity contribution in [2.24, 2.45) is 0 Å². The quantitative estimate of drug-likeness (QED) is 0.210. The SMILES string of the molecule is [2H]c1c([2H])c([2H])c(-c2cc(Br)cc(Oc3ccc4c5c([2H])c([2H])c([2H])c([2H])c5n(-c5cc(C(C)(C)C)ccn5)c4c3)c2C([2H])([2H])[2H])c([2H])c1[2H]. The van der Waals surface area contributed by atoms with Crippen LogP contribution in [0.15, 0.2) is 108 Å². The fourth-order valence-corrected chi connectivity index (χ4v) is 4.81. The number of hydrogen-bond donors (Lipinski definition) is 0. The lowest BCUT2D eigenvalue weighted by Crippen LogP contribution is -2.12. The minimum absolute atomic E-state index is 0.131. The number of hydrogen-bond acceptors (Lipinski definition) is 2. The molecule has 0 aliphatic carbocycles. The monoisotopic (exact) mass is 572 g/mol. The Morgan fingerprint density at radius 1 is 0.868 bits per heavy atom. The first kappa shape index (κ1) is 14.3. The number of fused-ring (bicyclic) bond motifs is 3. The number of para-hydroxylation sites is 1. The van der Waals surface area contributed by atoms with Crippen molar-refractivity contribution in [3.8, 4) is 28.4 Å². The van der Waals surface area contributed by atoms with Crippen LogP contribution in [-0.4, -0.2) is 9.55 Å². The van der Waals surface area contributed by atoms with Crippen molar-refractivity contribution in [2.75, 3.05) is 0 Å². The predicted molar refractivity (Wildman–Crippen MR) is 162 cm³/mol. The number of halogens is 1. The van der Waals surface area contributed by atoms with Gasteiger partial charge in [0.05, 0.1) is 23.4 Å². The molecule has 0 spiro atoms. The molecular weight excluding hydrogens is 532 g/mol. The van der Waals surface area contributed by atoms with Crippen LogP contribution in [0.1, 0.15) is 48.3 Å². The first-order chi connectivity index (χ1) is 23.2. The van der Waals surface area contributed by atoms with Gasteiger partial charge in [0.25, 0.3) is 0 Å². The maximum atomic E-state index is 8.85. The fourth-order valence-electron chi connectivity index (χ4n) is 4.38. The molecule has 2 heterocycles. The van der Waals surface area contributed by atoms with Gasteiger partial charge < -0.3 is 4.74 Å². The summed E-state index contributed by atoms with van der Waals surface area (Å²) in [6, 6.07) is 6.99. The van der Waals surface area contributed by atoms with Crippen molar-refractivity contribution in [3.05, 3.63) is 119 Å². The van der Waals surface area contributed by atoms with Crippen molar-refractivity contribution < 1.29 is 21.2 Å². The van der Waals surface area contributed by atoms with E-state index < -0.39 is 49.1 Å². The van der Waals surface area contributed by atoms with Crippen LogP contribution in [-0.2, 0) is 5.41 Å². The maximum Gasteiger partial charge on any atom is 0.137 e. The minimum atomic E-state index is -2.86. The highest BCUT2D eigenvalue weighted by Gasteiger charge is 2.18. The molecule has 0 saturated heterocycles. The number of nitrogens with zero attached hydrogens (tertiary/aromatic N) is 2. The molecule has 2 aromatic heterocycles. The van der Waals surface area contributed by atoms with Crippen LogP contribution >= 0.6 is 15.9 Å². The third-order valence-corrected chi connectivity index (χ3v) is 6.73. The van der Waals surface area contributed by atoms with Gasteiger partial charge in [-0.15, -0.1) is 0 Å². The largest absolute Gasteiger partial charge is 0.457 e. The molecule has 188 valence electrons. The highest BCUT2D eigenvalue weighted by molar-refractivity contribution is 9.10. The Morgan fingerprint density at radius 3 is 2.45 bits per heavy atom. The molecule has 0 amide bonds. The van der Waals surface area contributed by atoms with Gasteiger partial charge in [0.1, 0.15) is 17.3 Å². The lowest BCUT2D eigenvalue weighted by Gasteiger charge is -2.20. The van der Waals surface area contributed by atoms with E-state index in [1.807, 2.05) is 32.9 Å². The molecule has 0 saturated carbocycles. The van der Waals surface area contributed by atoms with E-state index in [-0.39, 0.29) is 56.6 Å². The Kier molecular flexibility index (Phi) is 3.56. The summed E-state index contributed by atoms with van der Waals surface area (Å²) in [6.07, 6.45) is 1.63. The molecular formula is C34H29BrN2O. The molecule has 0 N–H and O–H groups in total. The number of rotatable bonds is 4. The Labute approximate surface area is 248 Å². The molecule has 6 rings (SSSR count). The Morgan fingerprint density at radius 2 is 1.66 bits per heavy atom. The second-order valence-electron chi connectivity index (χ2n) is 9.82. The molecule has 6 aromatic rings. The van der Waals surface area contributed by atoms with Gasteiger partial charge in [0.15, 0.2) is 0 Å². The van der Waals surface area contributed by atoms with E-state index in [0.717, 1.165) is 5.56 Å². The van der Waals surface area contributed by atoms with Gasteiger partial charge in [0, 0.05) is 31.6 Å². The number of ether oxygens (including phenoxy) is 1. The van der Waals surface area contributed by atoms with Crippen LogP contribution < -0.4 is 4.74 Å². The molecule has 3 nitrogen and oxygen atoms in total. The average molecular weight is 574 g/mol. The minimum Gasteiger partial charge on any atom is -0.457 e. The molecule has 38 heavy (non-hydrogen) atoms. The van der Waals surface area contributed by atoms with Crippen molar-refractivity contribution in [3.63, 3.8) is 0 Å². The second-order valence-corrected chi connectivity index (χ2v) is 10.7. The van der Waals surface area contributed by atoms with Crippen LogP contribution in [0, 0.1) is 6.85 Å². The molecule has 0 aliphatic rings. The Balaban J connectivity index is 1.65. The first-order valence-electron chi connectivity index (χ1n) is 17.8. The lowest BCUT2D eigenvalue weighted by atomic mass is 9.88. The second kappa shape index (κ2) is 9.45. The predicted octanol–water partition coefficient (Wildman–Crippen LogP) is 10.0. The van der Waals surface area contributed by atoms with Crippen LogP contribution in [0.4, 0.5) is 0 Å². The van der Waals surface area contributed by atoms with Gasteiger partial charge in [-0.3, -0.25) is 4.57 Å². The van der Waals surface area contributed by atoms with E-state index in [2.05, 4.69) is 20.9 Å². The van der Waals surface area contributed by atoms with Crippen molar-refractivity contribution in [1.82, 2.24) is 9.55 Å². The molecule has 0 aliphatic heterocycles. The van der Waals surface area contributed by atoms with Crippen molar-refractivity contribution in [2.45, 2.75) is 33.0 Å². The van der Waals surface area contributed by atoms with E-state index in [9.17, 15) is 0 Å². The standard InChI is InChI=1S/C34H29BrN2O/c1-22-29(23-10-6-5-7-11-23)19-25(35)20-32(22)38-26-14-15-28-27-12-8-9-13-30(27)37(31(28)21-26)33-18-24(16-17-36-33)34(2,3)4/h5-21H,1-4H3/i1D3,5D,6D,7D,8D,9D,10D,11D,12D,13D. The van der Waals surface area contributed by atoms with Gasteiger partial charge >= 0.3 is 0 Å². The van der Waals surface area contributed by atoms with Crippen molar-refractivity contribution in [1.29, 1.82) is 0 Å². The summed E-state index contributed by atoms with van der Waals surface area (Å²) in [7, 11) is 0. The third-order valence-electron chi connectivity index (χ3n) is 6.28. The topological polar surface area (TPSA) is 27.1 Å². The summed E-state index contributed by atoms with van der Waals surface area (Å²) in [5.41, 5.74) is 0.482. The van der Waals surface area contributed by atoms with Crippen LogP contribution in [0.25, 0.3) is 38.8 Å². The summed E-state index contributed by atoms with van der Waals surface area (Å²) in [4.78, 5) is 4.58. The highest BCUT2D eigenvalue weighted by atomic mass is 79.9. The van der Waals surface area contributed by atoms with Gasteiger partial charge in [0.2, 0.25) is 0 Å². The number of aromatic nitrogens is 2. The molecule has 0 fully saturated rings. The highest BCUT2D eigenvalue weighted by Crippen LogP contribution is 2.39. The lowest BCUT2D eigenvalue weighted by molar-refractivity contribution is 0.479. The number of benzene rings is 4. The van der Waals surface area contributed by atoms with Crippen molar-refractivity contribution >= 4 is 37.7 Å². The van der Waals surface area contributed by atoms with Gasteiger partial charge in [-0.25, -0.2) is 4.98 Å². The zero-order valence-electron chi connectivity index (χ0n) is 32.8. The first-order valence-corrected chi connectivity index (χ1v) is 12.6. The van der Waals surface area contributed by atoms with Gasteiger partial charge in [-0.2, -0.15) is 0 Å². The summed E-state index contributed by atoms with van der Waals surface area (Å²) in [5, 5.41) is 0.752. The summed E-state index contributed by atoms with van der Waals surface area (Å²) in [5.74, 6) is 0.369. The third kappa shape index (κ3) is 4.39. The molecule has 0 radical (unpaired) electrons. The summed E-state index contributed by atoms with van der Waals surface area (Å²) >= 11 is 3.38. The van der Waals surface area contributed by atoms with E-state index >= 15 is 0 Å². The Bertz CT molecular complexity index is 2370. The van der Waals surface area contributed by atoms with Gasteiger partial charge in [-0.05, 0) is 77.0 Å². The maximum absolute atomic E-state index is 8.85. The Hall–Kier alpha value is -3.89. The molecule has 0 bridgehead atoms. The fraction of sp³-hybridized carbons (Fsp3) is 0.147. The van der Waals surface area contributed by atoms with Gasteiger partial charge in [-0.1, -0.05) is 85.0 Å². The average Bonchev–Trinajstić information content (AvgIpc) is 3.38. The van der Waals surface area contributed by atoms with Crippen LogP contribution in [0.2, 0.25) is 0 Å². The van der Waals surface area contributed by atoms with E-state index in [0.29, 0.717) is 21.2 Å². The summed E-state index contributed by atoms with van der Waals surface area (Å²) < 4.78 is 109. The normalized spacial score (nSPS) is 16.6. The van der Waals surface area contributed by atoms with E-state index in [4.69, 9.17) is 21.2 Å². The zero-order chi connectivity index (χ0) is 36.8. The summed E-state index contributed by atoms with van der Waals surface area (Å²) in [6.45, 7) is 3.25. The molecule has 0 unspecified atom stereocenters.